The number of nitrogens with one attached hydrogen (secondary N) is 2. The van der Waals surface area contributed by atoms with Crippen LogP contribution in [0.5, 0.6) is 0 Å². The summed E-state index contributed by atoms with van der Waals surface area (Å²) >= 11 is 0. The van der Waals surface area contributed by atoms with Crippen molar-refractivity contribution in [1.82, 2.24) is 15.5 Å². The van der Waals surface area contributed by atoms with Gasteiger partial charge in [0.05, 0.1) is 19.3 Å². The molecule has 0 aromatic heterocycles. The molecule has 3 N–H and O–H groups in total. The molecule has 0 amide bonds. The first-order valence-corrected chi connectivity index (χ1v) is 11.6. The zero-order chi connectivity index (χ0) is 21.8. The lowest BCUT2D eigenvalue weighted by molar-refractivity contribution is 0.0170. The van der Waals surface area contributed by atoms with E-state index in [9.17, 15) is 5.11 Å². The van der Waals surface area contributed by atoms with Crippen molar-refractivity contribution in [2.45, 2.75) is 53.0 Å². The van der Waals surface area contributed by atoms with Crippen molar-refractivity contribution in [2.75, 3.05) is 52.5 Å². The van der Waals surface area contributed by atoms with E-state index in [-0.39, 0.29) is 42.0 Å². The van der Waals surface area contributed by atoms with Crippen LogP contribution in [0.2, 0.25) is 0 Å². The molecule has 0 radical (unpaired) electrons. The van der Waals surface area contributed by atoms with Crippen molar-refractivity contribution >= 4 is 29.9 Å². The third-order valence-electron chi connectivity index (χ3n) is 6.47. The molecule has 1 aliphatic rings. The molecule has 0 bridgehead atoms. The van der Waals surface area contributed by atoms with Crippen LogP contribution in [0.15, 0.2) is 29.3 Å². The predicted octanol–water partition coefficient (Wildman–Crippen LogP) is 3.73. The number of morpholine rings is 1. The Morgan fingerprint density at radius 3 is 2.32 bits per heavy atom. The van der Waals surface area contributed by atoms with Gasteiger partial charge in [-0.15, -0.1) is 24.0 Å². The maximum absolute atomic E-state index is 9.50. The van der Waals surface area contributed by atoms with E-state index in [4.69, 9.17) is 9.73 Å². The van der Waals surface area contributed by atoms with Gasteiger partial charge in [-0.1, -0.05) is 43.7 Å². The first-order valence-electron chi connectivity index (χ1n) is 11.6. The average molecular weight is 547 g/mol. The number of ether oxygens (including phenoxy) is 1. The quantitative estimate of drug-likeness (QED) is 0.224. The van der Waals surface area contributed by atoms with Gasteiger partial charge in [0.1, 0.15) is 0 Å². The summed E-state index contributed by atoms with van der Waals surface area (Å²) in [6.07, 6.45) is 2.84. The second kappa shape index (κ2) is 15.0. The highest BCUT2D eigenvalue weighted by molar-refractivity contribution is 14.0. The molecule has 7 heteroatoms. The minimum absolute atomic E-state index is 0. The van der Waals surface area contributed by atoms with Crippen molar-refractivity contribution in [3.8, 4) is 0 Å². The predicted molar refractivity (Wildman–Crippen MR) is 140 cm³/mol. The fraction of sp³-hybridized carbons (Fsp3) is 0.708. The summed E-state index contributed by atoms with van der Waals surface area (Å²) in [6.45, 7) is 14.6. The van der Waals surface area contributed by atoms with Gasteiger partial charge in [0.2, 0.25) is 0 Å². The Balaban J connectivity index is 0.00000480. The molecule has 1 saturated heterocycles. The van der Waals surface area contributed by atoms with Crippen molar-refractivity contribution in [3.05, 3.63) is 35.4 Å². The number of halogens is 1. The number of aliphatic hydroxyl groups excluding tert-OH is 1. The zero-order valence-corrected chi connectivity index (χ0v) is 22.2. The van der Waals surface area contributed by atoms with E-state index in [0.29, 0.717) is 0 Å². The molecule has 6 nitrogen and oxygen atoms in total. The molecule has 1 heterocycles. The first-order chi connectivity index (χ1) is 14.6. The highest BCUT2D eigenvalue weighted by atomic mass is 127. The van der Waals surface area contributed by atoms with Crippen molar-refractivity contribution in [2.24, 2.45) is 10.4 Å². The van der Waals surface area contributed by atoms with Gasteiger partial charge in [-0.3, -0.25) is 9.89 Å². The molecule has 0 spiro atoms. The number of aliphatic imine (C=N–C) groups is 1. The molecule has 2 rings (SSSR count). The first kappa shape index (κ1) is 28.1. The molecule has 1 aromatic carbocycles. The van der Waals surface area contributed by atoms with E-state index >= 15 is 0 Å². The monoisotopic (exact) mass is 546 g/mol. The van der Waals surface area contributed by atoms with Gasteiger partial charge >= 0.3 is 0 Å². The van der Waals surface area contributed by atoms with Gasteiger partial charge in [0.25, 0.3) is 0 Å². The Morgan fingerprint density at radius 2 is 1.77 bits per heavy atom. The molecular weight excluding hydrogens is 503 g/mol. The summed E-state index contributed by atoms with van der Waals surface area (Å²) < 4.78 is 5.57. The topological polar surface area (TPSA) is 69.1 Å². The standard InChI is InChI=1S/C24H42N4O2.HI/c1-5-24(6-2,12-15-29)19-27-23(25-7-3)26-18-22(28-13-16-30-17-14-28)21-10-8-20(4)9-11-21;/h8-11,22,29H,5-7,12-19H2,1-4H3,(H2,25,26,27);1H. The summed E-state index contributed by atoms with van der Waals surface area (Å²) in [5.74, 6) is 0.854. The van der Waals surface area contributed by atoms with E-state index in [2.05, 4.69) is 67.5 Å². The minimum Gasteiger partial charge on any atom is -0.396 e. The largest absolute Gasteiger partial charge is 0.396 e. The van der Waals surface area contributed by atoms with Crippen LogP contribution in [0, 0.1) is 12.3 Å². The lowest BCUT2D eigenvalue weighted by Crippen LogP contribution is -2.46. The van der Waals surface area contributed by atoms with Gasteiger partial charge in [0, 0.05) is 39.3 Å². The molecule has 1 unspecified atom stereocenters. The summed E-state index contributed by atoms with van der Waals surface area (Å²) in [4.78, 5) is 7.41. The fourth-order valence-corrected chi connectivity index (χ4v) is 4.06. The SMILES string of the molecule is CCNC(=NCC(CC)(CC)CCO)NCC(c1ccc(C)cc1)N1CCOCC1.I. The van der Waals surface area contributed by atoms with E-state index in [0.717, 1.165) is 71.2 Å². The van der Waals surface area contributed by atoms with Crippen LogP contribution in [0.3, 0.4) is 0 Å². The zero-order valence-electron chi connectivity index (χ0n) is 19.8. The minimum atomic E-state index is 0. The van der Waals surface area contributed by atoms with Crippen LogP contribution >= 0.6 is 24.0 Å². The molecule has 0 saturated carbocycles. The maximum Gasteiger partial charge on any atom is 0.191 e. The number of nitrogens with zero attached hydrogens (tertiary/aromatic N) is 2. The van der Waals surface area contributed by atoms with Crippen LogP contribution in [-0.4, -0.2) is 68.5 Å². The summed E-state index contributed by atoms with van der Waals surface area (Å²) in [5, 5.41) is 16.5. The molecule has 1 atom stereocenters. The number of aryl methyl sites for hydroxylation is 1. The van der Waals surface area contributed by atoms with E-state index < -0.39 is 0 Å². The second-order valence-electron chi connectivity index (χ2n) is 8.33. The Kier molecular flexibility index (Phi) is 13.6. The highest BCUT2D eigenvalue weighted by Crippen LogP contribution is 2.30. The second-order valence-corrected chi connectivity index (χ2v) is 8.33. The summed E-state index contributed by atoms with van der Waals surface area (Å²) in [6, 6.07) is 9.13. The number of guanidine groups is 1. The van der Waals surface area contributed by atoms with Crippen LogP contribution in [0.25, 0.3) is 0 Å². The van der Waals surface area contributed by atoms with E-state index in [1.165, 1.54) is 11.1 Å². The highest BCUT2D eigenvalue weighted by Gasteiger charge is 2.26. The van der Waals surface area contributed by atoms with Crippen molar-refractivity contribution in [3.63, 3.8) is 0 Å². The Labute approximate surface area is 206 Å². The molecule has 1 aliphatic heterocycles. The van der Waals surface area contributed by atoms with Gasteiger partial charge in [-0.25, -0.2) is 0 Å². The third-order valence-corrected chi connectivity index (χ3v) is 6.47. The molecule has 178 valence electrons. The third kappa shape index (κ3) is 8.86. The normalized spacial score (nSPS) is 16.5. The smallest absolute Gasteiger partial charge is 0.191 e. The fourth-order valence-electron chi connectivity index (χ4n) is 4.06. The Bertz CT molecular complexity index is 629. The van der Waals surface area contributed by atoms with Gasteiger partial charge in [-0.2, -0.15) is 0 Å². The molecule has 0 aliphatic carbocycles. The van der Waals surface area contributed by atoms with Crippen LogP contribution in [0.4, 0.5) is 0 Å². The van der Waals surface area contributed by atoms with Crippen LogP contribution in [-0.2, 0) is 4.74 Å². The molecule has 1 fully saturated rings. The Hall–Kier alpha value is -0.900. The lowest BCUT2D eigenvalue weighted by atomic mass is 9.79. The number of hydrogen-bond donors (Lipinski definition) is 3. The molecular formula is C24H43IN4O2. The average Bonchev–Trinajstić information content (AvgIpc) is 2.78. The molecule has 1 aromatic rings. The Morgan fingerprint density at radius 1 is 1.13 bits per heavy atom. The number of hydrogen-bond acceptors (Lipinski definition) is 4. The lowest BCUT2D eigenvalue weighted by Gasteiger charge is -2.35. The molecule has 31 heavy (non-hydrogen) atoms. The van der Waals surface area contributed by atoms with Crippen molar-refractivity contribution < 1.29 is 9.84 Å². The van der Waals surface area contributed by atoms with Crippen LogP contribution < -0.4 is 10.6 Å². The summed E-state index contributed by atoms with van der Waals surface area (Å²) in [7, 11) is 0. The van der Waals surface area contributed by atoms with E-state index in [1.54, 1.807) is 0 Å². The summed E-state index contributed by atoms with van der Waals surface area (Å²) in [5.41, 5.74) is 2.67. The number of aliphatic hydroxyl groups is 1. The number of benzene rings is 1. The van der Waals surface area contributed by atoms with Gasteiger partial charge < -0.3 is 20.5 Å². The van der Waals surface area contributed by atoms with E-state index in [1.807, 2.05) is 0 Å². The number of rotatable bonds is 11. The van der Waals surface area contributed by atoms with Gasteiger partial charge in [-0.05, 0) is 44.1 Å². The van der Waals surface area contributed by atoms with Crippen molar-refractivity contribution in [1.29, 1.82) is 0 Å². The maximum atomic E-state index is 9.50. The van der Waals surface area contributed by atoms with Gasteiger partial charge in [0.15, 0.2) is 5.96 Å². The van der Waals surface area contributed by atoms with Crippen LogP contribution in [0.1, 0.15) is 57.2 Å².